The minimum Gasteiger partial charge on any atom is -0.496 e. The van der Waals surface area contributed by atoms with Gasteiger partial charge in [0.25, 0.3) is 5.91 Å². The second-order valence-electron chi connectivity index (χ2n) is 6.52. The fourth-order valence-electron chi connectivity index (χ4n) is 3.15. The third-order valence-electron chi connectivity index (χ3n) is 4.65. The Kier molecular flexibility index (Phi) is 6.85. The smallest absolute Gasteiger partial charge is 0.287 e. The zero-order valence-electron chi connectivity index (χ0n) is 17.3. The summed E-state index contributed by atoms with van der Waals surface area (Å²) in [4.78, 5) is 12.7. The largest absolute Gasteiger partial charge is 0.496 e. The number of nitrogens with one attached hydrogen (secondary N) is 1. The number of hydrogen-bond donors (Lipinski definition) is 1. The van der Waals surface area contributed by atoms with Gasteiger partial charge in [0.15, 0.2) is 5.76 Å². The Labute approximate surface area is 175 Å². The molecule has 0 aliphatic rings. The number of carbonyl (C=O) groups excluding carboxylic acids is 1. The van der Waals surface area contributed by atoms with E-state index in [0.717, 1.165) is 5.56 Å². The topological polar surface area (TPSA) is 83.1 Å². The lowest BCUT2D eigenvalue weighted by Gasteiger charge is -2.14. The van der Waals surface area contributed by atoms with Crippen molar-refractivity contribution < 1.29 is 27.8 Å². The highest BCUT2D eigenvalue weighted by Crippen LogP contribution is 2.36. The number of furan rings is 2. The fraction of sp³-hybridized carbons (Fsp3) is 0.261. The number of ether oxygens (including phenoxy) is 3. The molecule has 2 heterocycles. The van der Waals surface area contributed by atoms with Gasteiger partial charge < -0.3 is 28.4 Å². The molecule has 0 aliphatic carbocycles. The number of rotatable bonds is 10. The van der Waals surface area contributed by atoms with Crippen molar-refractivity contribution in [3.8, 4) is 17.2 Å². The molecule has 1 amide bonds. The van der Waals surface area contributed by atoms with E-state index >= 15 is 0 Å². The van der Waals surface area contributed by atoms with Gasteiger partial charge in [0.2, 0.25) is 0 Å². The first kappa shape index (κ1) is 21.1. The van der Waals surface area contributed by atoms with Gasteiger partial charge in [0.1, 0.15) is 28.8 Å². The molecule has 3 aromatic rings. The van der Waals surface area contributed by atoms with E-state index in [2.05, 4.69) is 11.9 Å². The third-order valence-corrected chi connectivity index (χ3v) is 4.65. The minimum atomic E-state index is -0.335. The molecule has 0 bridgehead atoms. The molecule has 30 heavy (non-hydrogen) atoms. The lowest BCUT2D eigenvalue weighted by molar-refractivity contribution is 0.0902. The average Bonchev–Trinajstić information content (AvgIpc) is 3.46. The van der Waals surface area contributed by atoms with Crippen LogP contribution in [-0.4, -0.2) is 27.2 Å². The van der Waals surface area contributed by atoms with E-state index in [0.29, 0.717) is 41.6 Å². The van der Waals surface area contributed by atoms with E-state index in [1.54, 1.807) is 64.0 Å². The molecule has 0 spiro atoms. The van der Waals surface area contributed by atoms with Gasteiger partial charge in [-0.2, -0.15) is 0 Å². The van der Waals surface area contributed by atoms with Gasteiger partial charge in [-0.05, 0) is 30.7 Å². The maximum atomic E-state index is 12.7. The molecule has 2 aromatic heterocycles. The van der Waals surface area contributed by atoms with E-state index in [1.165, 1.54) is 0 Å². The number of benzene rings is 1. The molecule has 0 fully saturated rings. The second kappa shape index (κ2) is 9.73. The van der Waals surface area contributed by atoms with E-state index in [4.69, 9.17) is 23.0 Å². The Morgan fingerprint density at radius 3 is 2.43 bits per heavy atom. The zero-order chi connectivity index (χ0) is 21.5. The molecular formula is C23H25NO6. The Morgan fingerprint density at radius 1 is 1.13 bits per heavy atom. The van der Waals surface area contributed by atoms with Crippen LogP contribution in [0, 0.1) is 0 Å². The van der Waals surface area contributed by atoms with Crippen molar-refractivity contribution in [2.75, 3.05) is 21.3 Å². The van der Waals surface area contributed by atoms with Crippen LogP contribution < -0.4 is 19.5 Å². The normalized spacial score (nSPS) is 11.6. The van der Waals surface area contributed by atoms with Gasteiger partial charge in [-0.15, -0.1) is 6.58 Å². The van der Waals surface area contributed by atoms with Crippen molar-refractivity contribution in [1.82, 2.24) is 5.32 Å². The van der Waals surface area contributed by atoms with Crippen LogP contribution in [0.2, 0.25) is 0 Å². The van der Waals surface area contributed by atoms with Crippen molar-refractivity contribution >= 4 is 5.91 Å². The molecule has 0 radical (unpaired) electrons. The molecule has 158 valence electrons. The van der Waals surface area contributed by atoms with E-state index in [-0.39, 0.29) is 17.7 Å². The maximum Gasteiger partial charge on any atom is 0.287 e. The van der Waals surface area contributed by atoms with Crippen LogP contribution in [0.4, 0.5) is 0 Å². The van der Waals surface area contributed by atoms with Crippen molar-refractivity contribution in [2.45, 2.75) is 18.9 Å². The fourth-order valence-corrected chi connectivity index (χ4v) is 3.15. The summed E-state index contributed by atoms with van der Waals surface area (Å²) >= 11 is 0. The average molecular weight is 411 g/mol. The molecule has 3 rings (SSSR count). The summed E-state index contributed by atoms with van der Waals surface area (Å²) in [6.45, 7) is 3.74. The van der Waals surface area contributed by atoms with Crippen molar-refractivity contribution in [3.05, 3.63) is 78.2 Å². The summed E-state index contributed by atoms with van der Waals surface area (Å²) < 4.78 is 27.4. The Bertz CT molecular complexity index is 964. The molecule has 0 aliphatic heterocycles. The molecule has 1 atom stereocenters. The minimum absolute atomic E-state index is 0.206. The van der Waals surface area contributed by atoms with Gasteiger partial charge in [-0.1, -0.05) is 6.08 Å². The van der Waals surface area contributed by atoms with Crippen LogP contribution in [-0.2, 0) is 6.42 Å². The van der Waals surface area contributed by atoms with Crippen LogP contribution in [0.1, 0.15) is 40.1 Å². The number of methoxy groups -OCH3 is 3. The Hall–Kier alpha value is -3.61. The molecule has 7 heteroatoms. The van der Waals surface area contributed by atoms with Crippen LogP contribution >= 0.6 is 0 Å². The van der Waals surface area contributed by atoms with Crippen LogP contribution in [0.3, 0.4) is 0 Å². The molecule has 1 unspecified atom stereocenters. The molecule has 1 aromatic carbocycles. The molecule has 0 saturated carbocycles. The second-order valence-corrected chi connectivity index (χ2v) is 6.52. The number of amides is 1. The summed E-state index contributed by atoms with van der Waals surface area (Å²) in [5, 5.41) is 2.91. The Morgan fingerprint density at radius 2 is 1.87 bits per heavy atom. The summed E-state index contributed by atoms with van der Waals surface area (Å²) in [6.07, 6.45) is 4.21. The van der Waals surface area contributed by atoms with Gasteiger partial charge in [-0.3, -0.25) is 4.79 Å². The lowest BCUT2D eigenvalue weighted by atomic mass is 10.1. The third kappa shape index (κ3) is 4.68. The predicted molar refractivity (Wildman–Crippen MR) is 111 cm³/mol. The highest BCUT2D eigenvalue weighted by molar-refractivity contribution is 5.91. The number of carbonyl (C=O) groups is 1. The Balaban J connectivity index is 1.78. The quantitative estimate of drug-likeness (QED) is 0.493. The molecule has 0 saturated heterocycles. The summed E-state index contributed by atoms with van der Waals surface area (Å²) in [5.41, 5.74) is 0.794. The SMILES string of the molecule is C=CCC(NC(=O)c1ccc(Cc2c(OC)cc(OC)cc2OC)o1)c1ccco1. The molecular weight excluding hydrogens is 386 g/mol. The summed E-state index contributed by atoms with van der Waals surface area (Å²) in [5.74, 6) is 2.96. The van der Waals surface area contributed by atoms with Crippen LogP contribution in [0.5, 0.6) is 17.2 Å². The van der Waals surface area contributed by atoms with Gasteiger partial charge in [0, 0.05) is 24.1 Å². The van der Waals surface area contributed by atoms with Crippen molar-refractivity contribution in [2.24, 2.45) is 0 Å². The monoisotopic (exact) mass is 411 g/mol. The number of hydrogen-bond acceptors (Lipinski definition) is 6. The first-order chi connectivity index (χ1) is 14.6. The summed E-state index contributed by atoms with van der Waals surface area (Å²) in [7, 11) is 4.73. The predicted octanol–water partition coefficient (Wildman–Crippen LogP) is 4.54. The van der Waals surface area contributed by atoms with Crippen LogP contribution in [0.25, 0.3) is 0 Å². The van der Waals surface area contributed by atoms with Gasteiger partial charge >= 0.3 is 0 Å². The van der Waals surface area contributed by atoms with Gasteiger partial charge in [-0.25, -0.2) is 0 Å². The first-order valence-corrected chi connectivity index (χ1v) is 9.42. The van der Waals surface area contributed by atoms with Gasteiger partial charge in [0.05, 0.1) is 33.6 Å². The van der Waals surface area contributed by atoms with Crippen LogP contribution in [0.15, 0.2) is 64.2 Å². The maximum absolute atomic E-state index is 12.7. The highest BCUT2D eigenvalue weighted by Gasteiger charge is 2.21. The van der Waals surface area contributed by atoms with Crippen molar-refractivity contribution in [3.63, 3.8) is 0 Å². The van der Waals surface area contributed by atoms with Crippen molar-refractivity contribution in [1.29, 1.82) is 0 Å². The first-order valence-electron chi connectivity index (χ1n) is 9.42. The molecule has 7 nitrogen and oxygen atoms in total. The summed E-state index contributed by atoms with van der Waals surface area (Å²) in [6, 6.07) is 10.2. The van der Waals surface area contributed by atoms with E-state index < -0.39 is 0 Å². The highest BCUT2D eigenvalue weighted by atomic mass is 16.5. The van der Waals surface area contributed by atoms with E-state index in [1.807, 2.05) is 6.07 Å². The molecule has 1 N–H and O–H groups in total. The lowest BCUT2D eigenvalue weighted by Crippen LogP contribution is -2.27. The standard InChI is InChI=1S/C23H25NO6/c1-5-7-18(19-8-6-11-29-19)24-23(25)20-10-9-15(30-20)12-17-21(27-3)13-16(26-2)14-22(17)28-4/h5-6,8-11,13-14,18H,1,7,12H2,2-4H3,(H,24,25). The van der Waals surface area contributed by atoms with E-state index in [9.17, 15) is 4.79 Å². The zero-order valence-corrected chi connectivity index (χ0v) is 17.3.